The van der Waals surface area contributed by atoms with Crippen molar-refractivity contribution in [3.63, 3.8) is 0 Å². The van der Waals surface area contributed by atoms with Crippen LogP contribution in [0.3, 0.4) is 0 Å². The molecule has 1 unspecified atom stereocenters. The summed E-state index contributed by atoms with van der Waals surface area (Å²) in [5.41, 5.74) is 4.57. The summed E-state index contributed by atoms with van der Waals surface area (Å²) in [6, 6.07) is 10.4. The number of benzene rings is 2. The summed E-state index contributed by atoms with van der Waals surface area (Å²) in [5, 5.41) is 3.07. The van der Waals surface area contributed by atoms with Gasteiger partial charge >= 0.3 is 0 Å². The number of fused-ring (bicyclic) bond motifs is 1. The zero-order valence-corrected chi connectivity index (χ0v) is 19.0. The average molecular weight is 439 g/mol. The van der Waals surface area contributed by atoms with Crippen LogP contribution in [0, 0.1) is 19.7 Å². The minimum atomic E-state index is -0.464. The van der Waals surface area contributed by atoms with Crippen molar-refractivity contribution in [1.29, 1.82) is 0 Å². The van der Waals surface area contributed by atoms with E-state index in [9.17, 15) is 9.18 Å². The van der Waals surface area contributed by atoms with E-state index < -0.39 is 6.04 Å². The summed E-state index contributed by atoms with van der Waals surface area (Å²) in [6.45, 7) is 10.6. The third-order valence-corrected chi connectivity index (χ3v) is 6.28. The first-order valence-electron chi connectivity index (χ1n) is 11.2. The monoisotopic (exact) mass is 438 g/mol. The second-order valence-corrected chi connectivity index (χ2v) is 8.51. The van der Waals surface area contributed by atoms with E-state index in [0.29, 0.717) is 24.4 Å². The first-order valence-corrected chi connectivity index (χ1v) is 11.2. The van der Waals surface area contributed by atoms with Crippen LogP contribution in [0.2, 0.25) is 0 Å². The van der Waals surface area contributed by atoms with E-state index in [4.69, 9.17) is 9.72 Å². The van der Waals surface area contributed by atoms with Crippen molar-refractivity contribution in [2.45, 2.75) is 33.2 Å². The highest BCUT2D eigenvalue weighted by Crippen LogP contribution is 2.26. The lowest BCUT2D eigenvalue weighted by Gasteiger charge is -2.27. The molecule has 2 heterocycles. The minimum Gasteiger partial charge on any atom is -0.379 e. The van der Waals surface area contributed by atoms with Crippen LogP contribution in [-0.2, 0) is 16.0 Å². The second kappa shape index (κ2) is 9.79. The molecule has 1 aliphatic rings. The van der Waals surface area contributed by atoms with Crippen LogP contribution in [0.1, 0.15) is 35.5 Å². The van der Waals surface area contributed by atoms with E-state index >= 15 is 0 Å². The number of rotatable bonds is 7. The number of hydrogen-bond acceptors (Lipinski definition) is 4. The molecule has 7 heteroatoms. The van der Waals surface area contributed by atoms with Gasteiger partial charge in [0.05, 0.1) is 24.2 Å². The molecule has 0 spiro atoms. The molecule has 3 aromatic rings. The van der Waals surface area contributed by atoms with Crippen LogP contribution < -0.4 is 5.32 Å². The van der Waals surface area contributed by atoms with E-state index in [0.717, 1.165) is 55.0 Å². The van der Waals surface area contributed by atoms with Crippen molar-refractivity contribution < 1.29 is 13.9 Å². The maximum atomic E-state index is 14.4. The van der Waals surface area contributed by atoms with Crippen LogP contribution in [0.15, 0.2) is 36.4 Å². The number of carbonyl (C=O) groups is 1. The van der Waals surface area contributed by atoms with E-state index in [1.54, 1.807) is 12.1 Å². The number of halogens is 1. The molecule has 1 saturated heterocycles. The number of morpholine rings is 1. The fraction of sp³-hybridized carbons (Fsp3) is 0.440. The molecule has 6 nitrogen and oxygen atoms in total. The Morgan fingerprint density at radius 2 is 1.91 bits per heavy atom. The van der Waals surface area contributed by atoms with Crippen molar-refractivity contribution >= 4 is 16.9 Å². The van der Waals surface area contributed by atoms with Gasteiger partial charge in [0.1, 0.15) is 17.7 Å². The van der Waals surface area contributed by atoms with Crippen LogP contribution >= 0.6 is 0 Å². The fourth-order valence-corrected chi connectivity index (χ4v) is 4.20. The van der Waals surface area contributed by atoms with E-state index in [2.05, 4.69) is 23.2 Å². The average Bonchev–Trinajstić information content (AvgIpc) is 3.12. The molecule has 0 saturated carbocycles. The third-order valence-electron chi connectivity index (χ3n) is 6.28. The zero-order valence-electron chi connectivity index (χ0n) is 19.0. The first kappa shape index (κ1) is 22.4. The van der Waals surface area contributed by atoms with Crippen molar-refractivity contribution in [2.75, 3.05) is 39.4 Å². The Balaban J connectivity index is 1.59. The van der Waals surface area contributed by atoms with Gasteiger partial charge in [-0.3, -0.25) is 9.69 Å². The molecule has 0 aliphatic carbocycles. The quantitative estimate of drug-likeness (QED) is 0.614. The Bertz CT molecular complexity index is 1100. The maximum absolute atomic E-state index is 14.4. The molecule has 2 aromatic carbocycles. The number of nitrogens with zero attached hydrogens (tertiary/aromatic N) is 3. The Morgan fingerprint density at radius 1 is 1.19 bits per heavy atom. The summed E-state index contributed by atoms with van der Waals surface area (Å²) in [5.74, 6) is 0.359. The molecule has 0 radical (unpaired) electrons. The molecule has 1 amide bonds. The first-order chi connectivity index (χ1) is 15.4. The molecule has 0 bridgehead atoms. The molecule has 32 heavy (non-hydrogen) atoms. The predicted octanol–water partition coefficient (Wildman–Crippen LogP) is 3.39. The number of aromatic nitrogens is 2. The highest BCUT2D eigenvalue weighted by molar-refractivity contribution is 5.85. The summed E-state index contributed by atoms with van der Waals surface area (Å²) < 4.78 is 21.7. The highest BCUT2D eigenvalue weighted by atomic mass is 19.1. The molecule has 170 valence electrons. The van der Waals surface area contributed by atoms with Crippen molar-refractivity contribution in [3.8, 4) is 0 Å². The Labute approximate surface area is 188 Å². The lowest BCUT2D eigenvalue weighted by atomic mass is 10.1. The van der Waals surface area contributed by atoms with E-state index in [1.165, 1.54) is 6.07 Å². The molecule has 4 rings (SSSR count). The minimum absolute atomic E-state index is 0.0643. The van der Waals surface area contributed by atoms with Gasteiger partial charge in [-0.15, -0.1) is 0 Å². The number of hydrogen-bond donors (Lipinski definition) is 1. The standard InChI is InChI=1S/C25H31FN4O2/c1-17-14-22-23(15-18(17)2)30(24(28-22)16-20-6-4-5-7-21(20)26)19(3)25(31)27-8-9-29-10-12-32-13-11-29/h4-7,14-15,19H,8-13,16H2,1-3H3,(H,27,31). The van der Waals surface area contributed by atoms with Gasteiger partial charge in [0.15, 0.2) is 0 Å². The summed E-state index contributed by atoms with van der Waals surface area (Å²) in [7, 11) is 0. The topological polar surface area (TPSA) is 59.4 Å². The molecule has 1 aliphatic heterocycles. The van der Waals surface area contributed by atoms with Gasteiger partial charge in [-0.05, 0) is 55.7 Å². The number of nitrogens with one attached hydrogen (secondary N) is 1. The van der Waals surface area contributed by atoms with Crippen LogP contribution in [0.4, 0.5) is 4.39 Å². The Hall–Kier alpha value is -2.77. The molecule has 1 fully saturated rings. The van der Waals surface area contributed by atoms with Gasteiger partial charge in [0, 0.05) is 32.6 Å². The predicted molar refractivity (Wildman–Crippen MR) is 123 cm³/mol. The largest absolute Gasteiger partial charge is 0.379 e. The number of ether oxygens (including phenoxy) is 1. The number of aryl methyl sites for hydroxylation is 2. The van der Waals surface area contributed by atoms with Crippen molar-refractivity contribution in [3.05, 3.63) is 64.7 Å². The Kier molecular flexibility index (Phi) is 6.86. The van der Waals surface area contributed by atoms with Crippen molar-refractivity contribution in [2.24, 2.45) is 0 Å². The van der Waals surface area contributed by atoms with E-state index in [-0.39, 0.29) is 11.7 Å². The van der Waals surface area contributed by atoms with Gasteiger partial charge in [-0.1, -0.05) is 18.2 Å². The van der Waals surface area contributed by atoms with Gasteiger partial charge in [0.2, 0.25) is 5.91 Å². The lowest BCUT2D eigenvalue weighted by Crippen LogP contribution is -2.42. The Morgan fingerprint density at radius 3 is 2.66 bits per heavy atom. The van der Waals surface area contributed by atoms with Gasteiger partial charge < -0.3 is 14.6 Å². The van der Waals surface area contributed by atoms with Gasteiger partial charge in [-0.2, -0.15) is 0 Å². The molecule has 1 atom stereocenters. The van der Waals surface area contributed by atoms with Crippen LogP contribution in [-0.4, -0.2) is 59.8 Å². The summed E-state index contributed by atoms with van der Waals surface area (Å²) in [4.78, 5) is 20.2. The van der Waals surface area contributed by atoms with Gasteiger partial charge in [0.25, 0.3) is 0 Å². The molecule has 1 N–H and O–H groups in total. The molecule has 1 aromatic heterocycles. The summed E-state index contributed by atoms with van der Waals surface area (Å²) >= 11 is 0. The summed E-state index contributed by atoms with van der Waals surface area (Å²) in [6.07, 6.45) is 0.324. The molecular weight excluding hydrogens is 407 g/mol. The van der Waals surface area contributed by atoms with Crippen LogP contribution in [0.5, 0.6) is 0 Å². The van der Waals surface area contributed by atoms with Crippen molar-refractivity contribution in [1.82, 2.24) is 19.8 Å². The normalized spacial score (nSPS) is 15.8. The second-order valence-electron chi connectivity index (χ2n) is 8.51. The number of amides is 1. The van der Waals surface area contributed by atoms with Gasteiger partial charge in [-0.25, -0.2) is 9.37 Å². The number of carbonyl (C=O) groups excluding carboxylic acids is 1. The SMILES string of the molecule is Cc1cc2nc(Cc3ccccc3F)n(C(C)C(=O)NCCN3CCOCC3)c2cc1C. The fourth-order valence-electron chi connectivity index (χ4n) is 4.20. The zero-order chi connectivity index (χ0) is 22.7. The smallest absolute Gasteiger partial charge is 0.242 e. The molecular formula is C25H31FN4O2. The highest BCUT2D eigenvalue weighted by Gasteiger charge is 2.23. The van der Waals surface area contributed by atoms with E-state index in [1.807, 2.05) is 30.5 Å². The maximum Gasteiger partial charge on any atom is 0.242 e. The lowest BCUT2D eigenvalue weighted by molar-refractivity contribution is -0.123. The third kappa shape index (κ3) is 4.84. The van der Waals surface area contributed by atoms with Crippen LogP contribution in [0.25, 0.3) is 11.0 Å². The number of imidazole rings is 1.